The molecule has 0 aromatic heterocycles. The maximum atomic E-state index is 13.0. The predicted octanol–water partition coefficient (Wildman–Crippen LogP) is 4.16. The van der Waals surface area contributed by atoms with Gasteiger partial charge in [0.2, 0.25) is 5.91 Å². The average molecular weight is 380 g/mol. The molecule has 1 heterocycles. The standard InChI is InChI=1S/C24H33N3O/c1-19(2)12-15-27(17-20-8-5-4-6-9-20)24(28)16-25-23-11-7-10-21-18-26(3)14-13-22(21)23/h4-11,19,25H,12-18H2,1-3H3. The van der Waals surface area contributed by atoms with E-state index in [1.165, 1.54) is 16.7 Å². The molecule has 0 fully saturated rings. The lowest BCUT2D eigenvalue weighted by atomic mass is 9.98. The molecule has 4 heteroatoms. The van der Waals surface area contributed by atoms with Crippen LogP contribution in [0.5, 0.6) is 0 Å². The Morgan fingerprint density at radius 3 is 2.68 bits per heavy atom. The highest BCUT2D eigenvalue weighted by atomic mass is 16.2. The Morgan fingerprint density at radius 1 is 1.14 bits per heavy atom. The molecule has 0 saturated carbocycles. The first-order valence-electron chi connectivity index (χ1n) is 10.4. The monoisotopic (exact) mass is 379 g/mol. The number of nitrogens with one attached hydrogen (secondary N) is 1. The molecule has 4 nitrogen and oxygen atoms in total. The van der Waals surface area contributed by atoms with Crippen LogP contribution in [-0.2, 0) is 24.3 Å². The van der Waals surface area contributed by atoms with Gasteiger partial charge in [-0.05, 0) is 48.6 Å². The summed E-state index contributed by atoms with van der Waals surface area (Å²) in [5.41, 5.74) is 5.03. The number of rotatable bonds is 8. The SMILES string of the molecule is CC(C)CCN(Cc1ccccc1)C(=O)CNc1cccc2c1CCN(C)C2. The summed E-state index contributed by atoms with van der Waals surface area (Å²) in [4.78, 5) is 17.3. The zero-order chi connectivity index (χ0) is 19.9. The summed E-state index contributed by atoms with van der Waals surface area (Å²) in [5.74, 6) is 0.743. The molecule has 1 amide bonds. The van der Waals surface area contributed by atoms with Crippen molar-refractivity contribution in [3.63, 3.8) is 0 Å². The van der Waals surface area contributed by atoms with Crippen LogP contribution in [0.4, 0.5) is 5.69 Å². The zero-order valence-corrected chi connectivity index (χ0v) is 17.4. The summed E-state index contributed by atoms with van der Waals surface area (Å²) in [7, 11) is 2.16. The van der Waals surface area contributed by atoms with Crippen LogP contribution in [0.25, 0.3) is 0 Å². The van der Waals surface area contributed by atoms with E-state index in [9.17, 15) is 4.79 Å². The first-order valence-corrected chi connectivity index (χ1v) is 10.4. The van der Waals surface area contributed by atoms with E-state index in [1.807, 2.05) is 23.1 Å². The molecule has 0 radical (unpaired) electrons. The molecule has 1 aliphatic heterocycles. The lowest BCUT2D eigenvalue weighted by Crippen LogP contribution is -2.36. The Kier molecular flexibility index (Phi) is 7.10. The first-order chi connectivity index (χ1) is 13.5. The number of likely N-dealkylation sites (N-methyl/N-ethyl adjacent to an activating group) is 1. The normalized spacial score (nSPS) is 14.0. The van der Waals surface area contributed by atoms with Crippen molar-refractivity contribution in [3.8, 4) is 0 Å². The van der Waals surface area contributed by atoms with Gasteiger partial charge in [0.1, 0.15) is 0 Å². The number of amides is 1. The third-order valence-corrected chi connectivity index (χ3v) is 5.43. The highest BCUT2D eigenvalue weighted by molar-refractivity contribution is 5.81. The lowest BCUT2D eigenvalue weighted by molar-refractivity contribution is -0.130. The van der Waals surface area contributed by atoms with E-state index in [-0.39, 0.29) is 5.91 Å². The second kappa shape index (κ2) is 9.74. The fourth-order valence-corrected chi connectivity index (χ4v) is 3.71. The van der Waals surface area contributed by atoms with Gasteiger partial charge in [-0.25, -0.2) is 0 Å². The number of benzene rings is 2. The van der Waals surface area contributed by atoms with E-state index in [1.54, 1.807) is 0 Å². The highest BCUT2D eigenvalue weighted by Crippen LogP contribution is 2.25. The van der Waals surface area contributed by atoms with Gasteiger partial charge in [0.05, 0.1) is 6.54 Å². The van der Waals surface area contributed by atoms with E-state index < -0.39 is 0 Å². The van der Waals surface area contributed by atoms with Gasteiger partial charge < -0.3 is 15.1 Å². The van der Waals surface area contributed by atoms with Crippen molar-refractivity contribution in [2.24, 2.45) is 5.92 Å². The van der Waals surface area contributed by atoms with Crippen molar-refractivity contribution in [2.45, 2.75) is 39.8 Å². The van der Waals surface area contributed by atoms with Gasteiger partial charge >= 0.3 is 0 Å². The van der Waals surface area contributed by atoms with Crippen LogP contribution in [0.1, 0.15) is 37.0 Å². The molecule has 150 valence electrons. The highest BCUT2D eigenvalue weighted by Gasteiger charge is 2.18. The number of carbonyl (C=O) groups is 1. The third kappa shape index (κ3) is 5.59. The van der Waals surface area contributed by atoms with Gasteiger partial charge in [0.25, 0.3) is 0 Å². The second-order valence-electron chi connectivity index (χ2n) is 8.27. The van der Waals surface area contributed by atoms with Gasteiger partial charge in [0, 0.05) is 31.9 Å². The smallest absolute Gasteiger partial charge is 0.242 e. The molecule has 1 aliphatic rings. The minimum absolute atomic E-state index is 0.162. The van der Waals surface area contributed by atoms with Crippen molar-refractivity contribution in [1.82, 2.24) is 9.80 Å². The van der Waals surface area contributed by atoms with Crippen molar-refractivity contribution in [3.05, 3.63) is 65.2 Å². The fraction of sp³-hybridized carbons (Fsp3) is 0.458. The molecular formula is C24H33N3O. The Morgan fingerprint density at radius 2 is 1.93 bits per heavy atom. The zero-order valence-electron chi connectivity index (χ0n) is 17.4. The largest absolute Gasteiger partial charge is 0.376 e. The fourth-order valence-electron chi connectivity index (χ4n) is 3.71. The van der Waals surface area contributed by atoms with E-state index in [0.717, 1.165) is 38.2 Å². The summed E-state index contributed by atoms with van der Waals surface area (Å²) >= 11 is 0. The van der Waals surface area contributed by atoms with Crippen molar-refractivity contribution >= 4 is 11.6 Å². The van der Waals surface area contributed by atoms with Crippen LogP contribution < -0.4 is 5.32 Å². The molecule has 0 unspecified atom stereocenters. The quantitative estimate of drug-likeness (QED) is 0.748. The number of hydrogen-bond donors (Lipinski definition) is 1. The van der Waals surface area contributed by atoms with Crippen molar-refractivity contribution < 1.29 is 4.79 Å². The average Bonchev–Trinajstić information content (AvgIpc) is 2.69. The molecule has 28 heavy (non-hydrogen) atoms. The van der Waals surface area contributed by atoms with Crippen LogP contribution in [-0.4, -0.2) is 42.4 Å². The van der Waals surface area contributed by atoms with Gasteiger partial charge in [-0.1, -0.05) is 56.3 Å². The van der Waals surface area contributed by atoms with Gasteiger partial charge in [0.15, 0.2) is 0 Å². The number of fused-ring (bicyclic) bond motifs is 1. The summed E-state index contributed by atoms with van der Waals surface area (Å²) in [6.45, 7) is 8.27. The minimum atomic E-state index is 0.162. The number of carbonyl (C=O) groups excluding carboxylic acids is 1. The summed E-state index contributed by atoms with van der Waals surface area (Å²) in [6.07, 6.45) is 2.05. The van der Waals surface area contributed by atoms with Crippen molar-refractivity contribution in [2.75, 3.05) is 32.0 Å². The molecular weight excluding hydrogens is 346 g/mol. The molecule has 0 saturated heterocycles. The Balaban J connectivity index is 1.65. The Labute approximate surface area is 169 Å². The number of nitrogens with zero attached hydrogens (tertiary/aromatic N) is 2. The minimum Gasteiger partial charge on any atom is -0.376 e. The Bertz CT molecular complexity index is 773. The molecule has 2 aromatic carbocycles. The maximum Gasteiger partial charge on any atom is 0.242 e. The van der Waals surface area contributed by atoms with E-state index in [2.05, 4.69) is 61.4 Å². The van der Waals surface area contributed by atoms with Crippen LogP contribution in [0.2, 0.25) is 0 Å². The van der Waals surface area contributed by atoms with Gasteiger partial charge in [-0.2, -0.15) is 0 Å². The van der Waals surface area contributed by atoms with Crippen LogP contribution in [0.15, 0.2) is 48.5 Å². The number of anilines is 1. The molecule has 0 spiro atoms. The lowest BCUT2D eigenvalue weighted by Gasteiger charge is -2.28. The second-order valence-corrected chi connectivity index (χ2v) is 8.27. The van der Waals surface area contributed by atoms with E-state index in [0.29, 0.717) is 19.0 Å². The van der Waals surface area contributed by atoms with Gasteiger partial charge in [-0.3, -0.25) is 4.79 Å². The summed E-state index contributed by atoms with van der Waals surface area (Å²) in [6, 6.07) is 16.7. The maximum absolute atomic E-state index is 13.0. The van der Waals surface area contributed by atoms with E-state index >= 15 is 0 Å². The Hall–Kier alpha value is -2.33. The molecule has 2 aromatic rings. The predicted molar refractivity (Wildman–Crippen MR) is 116 cm³/mol. The molecule has 0 aliphatic carbocycles. The van der Waals surface area contributed by atoms with Crippen molar-refractivity contribution in [1.29, 1.82) is 0 Å². The first kappa shape index (κ1) is 20.4. The molecule has 0 bridgehead atoms. The number of hydrogen-bond acceptors (Lipinski definition) is 3. The van der Waals surface area contributed by atoms with E-state index in [4.69, 9.17) is 0 Å². The van der Waals surface area contributed by atoms with Crippen LogP contribution in [0, 0.1) is 5.92 Å². The molecule has 3 rings (SSSR count). The van der Waals surface area contributed by atoms with Gasteiger partial charge in [-0.15, -0.1) is 0 Å². The van der Waals surface area contributed by atoms with Crippen LogP contribution >= 0.6 is 0 Å². The third-order valence-electron chi connectivity index (χ3n) is 5.43. The topological polar surface area (TPSA) is 35.6 Å². The van der Waals surface area contributed by atoms with Crippen LogP contribution in [0.3, 0.4) is 0 Å². The molecule has 0 atom stereocenters. The summed E-state index contributed by atoms with van der Waals surface area (Å²) in [5, 5.41) is 3.43. The summed E-state index contributed by atoms with van der Waals surface area (Å²) < 4.78 is 0. The molecule has 1 N–H and O–H groups in total.